The summed E-state index contributed by atoms with van der Waals surface area (Å²) >= 11 is 0. The number of aliphatic imine (C=N–C) groups is 1. The van der Waals surface area contributed by atoms with Crippen molar-refractivity contribution in [1.82, 2.24) is 9.80 Å². The van der Waals surface area contributed by atoms with Crippen LogP contribution in [-0.4, -0.2) is 53.1 Å². The standard InChI is InChI=1S/C18H29N3O2.C2H6/c1-3-4-9-15-19-18(17(23)20(15)2)10-12-21(13-11-18)16(22)14-7-5-6-8-14;1-2/h14H,3-13H2,1-2H3;1-2H3. The fourth-order valence-electron chi connectivity index (χ4n) is 4.21. The minimum atomic E-state index is -0.579. The van der Waals surface area contributed by atoms with Gasteiger partial charge in [-0.1, -0.05) is 40.0 Å². The van der Waals surface area contributed by atoms with Crippen LogP contribution in [0.15, 0.2) is 4.99 Å². The summed E-state index contributed by atoms with van der Waals surface area (Å²) in [6.07, 6.45) is 8.88. The molecule has 2 heterocycles. The Morgan fingerprint density at radius 2 is 1.80 bits per heavy atom. The van der Waals surface area contributed by atoms with Gasteiger partial charge in [0.25, 0.3) is 5.91 Å². The maximum absolute atomic E-state index is 12.7. The molecular weight excluding hydrogens is 314 g/mol. The molecule has 0 radical (unpaired) electrons. The fraction of sp³-hybridized carbons (Fsp3) is 0.850. The highest BCUT2D eigenvalue weighted by molar-refractivity contribution is 6.08. The zero-order chi connectivity index (χ0) is 18.4. The molecule has 3 rings (SSSR count). The van der Waals surface area contributed by atoms with Crippen LogP contribution in [0.5, 0.6) is 0 Å². The number of likely N-dealkylation sites (N-methyl/N-ethyl adjacent to an activating group) is 1. The second-order valence-electron chi connectivity index (χ2n) is 7.33. The number of rotatable bonds is 4. The van der Waals surface area contributed by atoms with Gasteiger partial charge >= 0.3 is 0 Å². The Labute approximate surface area is 152 Å². The Kier molecular flexibility index (Phi) is 7.03. The van der Waals surface area contributed by atoms with Gasteiger partial charge in [0.05, 0.1) is 0 Å². The van der Waals surface area contributed by atoms with E-state index in [1.54, 1.807) is 4.90 Å². The molecule has 1 saturated carbocycles. The van der Waals surface area contributed by atoms with E-state index in [0.717, 1.165) is 37.9 Å². The number of hydrogen-bond acceptors (Lipinski definition) is 3. The van der Waals surface area contributed by atoms with Crippen molar-refractivity contribution in [2.75, 3.05) is 20.1 Å². The normalized spacial score (nSPS) is 22.9. The first-order valence-corrected chi connectivity index (χ1v) is 10.2. The first-order valence-electron chi connectivity index (χ1n) is 10.2. The molecule has 5 nitrogen and oxygen atoms in total. The molecule has 0 atom stereocenters. The van der Waals surface area contributed by atoms with E-state index in [1.165, 1.54) is 12.8 Å². The summed E-state index contributed by atoms with van der Waals surface area (Å²) in [4.78, 5) is 33.8. The van der Waals surface area contributed by atoms with Gasteiger partial charge in [-0.3, -0.25) is 14.6 Å². The Morgan fingerprint density at radius 1 is 1.20 bits per heavy atom. The molecule has 2 fully saturated rings. The molecule has 25 heavy (non-hydrogen) atoms. The van der Waals surface area contributed by atoms with Crippen LogP contribution in [-0.2, 0) is 9.59 Å². The van der Waals surface area contributed by atoms with Crippen LogP contribution in [0, 0.1) is 5.92 Å². The summed E-state index contributed by atoms with van der Waals surface area (Å²) in [5.74, 6) is 1.62. The largest absolute Gasteiger partial charge is 0.342 e. The highest BCUT2D eigenvalue weighted by atomic mass is 16.2. The van der Waals surface area contributed by atoms with Crippen molar-refractivity contribution in [3.63, 3.8) is 0 Å². The van der Waals surface area contributed by atoms with Crippen molar-refractivity contribution in [3.8, 4) is 0 Å². The lowest BCUT2D eigenvalue weighted by molar-refractivity contribution is -0.140. The van der Waals surface area contributed by atoms with Gasteiger partial charge in [-0.2, -0.15) is 0 Å². The number of carbonyl (C=O) groups excluding carboxylic acids is 2. The number of carbonyl (C=O) groups is 2. The Hall–Kier alpha value is -1.39. The Bertz CT molecular complexity index is 501. The molecule has 5 heteroatoms. The van der Waals surface area contributed by atoms with E-state index >= 15 is 0 Å². The van der Waals surface area contributed by atoms with Gasteiger partial charge in [0.15, 0.2) is 0 Å². The van der Waals surface area contributed by atoms with Crippen LogP contribution in [0.2, 0.25) is 0 Å². The first kappa shape index (κ1) is 19.9. The van der Waals surface area contributed by atoms with Gasteiger partial charge in [0, 0.05) is 32.5 Å². The molecule has 0 aromatic carbocycles. The lowest BCUT2D eigenvalue weighted by Crippen LogP contribution is -2.51. The lowest BCUT2D eigenvalue weighted by atomic mass is 9.87. The third-order valence-electron chi connectivity index (χ3n) is 5.79. The molecule has 1 saturated heterocycles. The highest BCUT2D eigenvalue weighted by Crippen LogP contribution is 2.35. The fourth-order valence-corrected chi connectivity index (χ4v) is 4.21. The summed E-state index contributed by atoms with van der Waals surface area (Å²) in [6, 6.07) is 0. The number of amidine groups is 1. The average Bonchev–Trinajstić information content (AvgIpc) is 3.26. The van der Waals surface area contributed by atoms with Gasteiger partial charge in [0.2, 0.25) is 5.91 Å². The predicted molar refractivity (Wildman–Crippen MR) is 102 cm³/mol. The predicted octanol–water partition coefficient (Wildman–Crippen LogP) is 3.62. The second kappa shape index (κ2) is 8.81. The number of piperidine rings is 1. The van der Waals surface area contributed by atoms with Crippen LogP contribution in [0.1, 0.15) is 78.6 Å². The maximum Gasteiger partial charge on any atom is 0.255 e. The van der Waals surface area contributed by atoms with Crippen LogP contribution in [0.4, 0.5) is 0 Å². The van der Waals surface area contributed by atoms with E-state index in [4.69, 9.17) is 4.99 Å². The monoisotopic (exact) mass is 349 g/mol. The third kappa shape index (κ3) is 4.06. The van der Waals surface area contributed by atoms with E-state index in [-0.39, 0.29) is 11.8 Å². The van der Waals surface area contributed by atoms with Gasteiger partial charge in [0.1, 0.15) is 11.4 Å². The van der Waals surface area contributed by atoms with E-state index in [1.807, 2.05) is 25.8 Å². The second-order valence-corrected chi connectivity index (χ2v) is 7.33. The van der Waals surface area contributed by atoms with Crippen LogP contribution in [0.3, 0.4) is 0 Å². The highest BCUT2D eigenvalue weighted by Gasteiger charge is 2.49. The lowest BCUT2D eigenvalue weighted by Gasteiger charge is -2.37. The molecular formula is C20H35N3O2. The molecule has 1 aliphatic carbocycles. The average molecular weight is 350 g/mol. The van der Waals surface area contributed by atoms with Gasteiger partial charge in [-0.25, -0.2) is 0 Å². The minimum absolute atomic E-state index is 0.136. The summed E-state index contributed by atoms with van der Waals surface area (Å²) in [6.45, 7) is 7.51. The number of hydrogen-bond donors (Lipinski definition) is 0. The Morgan fingerprint density at radius 3 is 2.36 bits per heavy atom. The van der Waals surface area contributed by atoms with Gasteiger partial charge < -0.3 is 9.80 Å². The van der Waals surface area contributed by atoms with Crippen LogP contribution in [0.25, 0.3) is 0 Å². The van der Waals surface area contributed by atoms with E-state index in [0.29, 0.717) is 31.8 Å². The molecule has 0 aromatic rings. The van der Waals surface area contributed by atoms with Crippen molar-refractivity contribution in [2.24, 2.45) is 10.9 Å². The molecule has 1 spiro atoms. The maximum atomic E-state index is 12.7. The molecule has 2 amide bonds. The van der Waals surface area contributed by atoms with Crippen LogP contribution < -0.4 is 0 Å². The molecule has 3 aliphatic rings. The zero-order valence-electron chi connectivity index (χ0n) is 16.5. The van der Waals surface area contributed by atoms with Crippen LogP contribution >= 0.6 is 0 Å². The molecule has 0 bridgehead atoms. The van der Waals surface area contributed by atoms with Crippen molar-refractivity contribution in [3.05, 3.63) is 0 Å². The zero-order valence-corrected chi connectivity index (χ0v) is 16.5. The van der Waals surface area contributed by atoms with E-state index in [2.05, 4.69) is 6.92 Å². The summed E-state index contributed by atoms with van der Waals surface area (Å²) in [7, 11) is 1.85. The van der Waals surface area contributed by atoms with Crippen molar-refractivity contribution >= 4 is 17.6 Å². The third-order valence-corrected chi connectivity index (χ3v) is 5.79. The minimum Gasteiger partial charge on any atom is -0.342 e. The van der Waals surface area contributed by atoms with Crippen molar-refractivity contribution in [1.29, 1.82) is 0 Å². The summed E-state index contributed by atoms with van der Waals surface area (Å²) < 4.78 is 0. The smallest absolute Gasteiger partial charge is 0.255 e. The Balaban J connectivity index is 0.00000109. The van der Waals surface area contributed by atoms with Gasteiger partial charge in [-0.05, 0) is 32.1 Å². The van der Waals surface area contributed by atoms with Gasteiger partial charge in [-0.15, -0.1) is 0 Å². The molecule has 142 valence electrons. The quantitative estimate of drug-likeness (QED) is 0.778. The molecule has 0 aromatic heterocycles. The van der Waals surface area contributed by atoms with Crippen molar-refractivity contribution < 1.29 is 9.59 Å². The molecule has 0 N–H and O–H groups in total. The molecule has 2 aliphatic heterocycles. The molecule has 0 unspecified atom stereocenters. The number of amides is 2. The number of likely N-dealkylation sites (tertiary alicyclic amines) is 1. The summed E-state index contributed by atoms with van der Waals surface area (Å²) in [5.41, 5.74) is -0.579. The number of unbranched alkanes of at least 4 members (excludes halogenated alkanes) is 1. The summed E-state index contributed by atoms with van der Waals surface area (Å²) in [5, 5.41) is 0. The van der Waals surface area contributed by atoms with Crippen molar-refractivity contribution in [2.45, 2.75) is 84.1 Å². The number of nitrogens with zero attached hydrogens (tertiary/aromatic N) is 3. The van der Waals surface area contributed by atoms with E-state index in [9.17, 15) is 9.59 Å². The van der Waals surface area contributed by atoms with E-state index < -0.39 is 5.54 Å². The first-order chi connectivity index (χ1) is 12.1. The topological polar surface area (TPSA) is 53.0 Å². The SMILES string of the molecule is CC.CCCCC1=NC2(CCN(C(=O)C3CCCC3)CC2)C(=O)N1C.